The lowest BCUT2D eigenvalue weighted by Gasteiger charge is -2.27. The number of carbonyl (C=O) groups is 1. The van der Waals surface area contributed by atoms with Gasteiger partial charge in [0.15, 0.2) is 0 Å². The van der Waals surface area contributed by atoms with Crippen LogP contribution in [0, 0.1) is 11.8 Å². The van der Waals surface area contributed by atoms with Crippen LogP contribution in [-0.2, 0) is 17.9 Å². The SMILES string of the molecule is O=C(NCCCn1ccnc1)C1CCC(Cn2nnc3ccccc3c2=O)CC1. The smallest absolute Gasteiger partial charge is 0.277 e. The first-order valence-corrected chi connectivity index (χ1v) is 10.3. The molecule has 8 nitrogen and oxygen atoms in total. The van der Waals surface area contributed by atoms with E-state index in [-0.39, 0.29) is 17.4 Å². The number of fused-ring (bicyclic) bond motifs is 1. The largest absolute Gasteiger partial charge is 0.356 e. The highest BCUT2D eigenvalue weighted by atomic mass is 16.2. The van der Waals surface area contributed by atoms with Gasteiger partial charge in [-0.15, -0.1) is 5.10 Å². The zero-order valence-electron chi connectivity index (χ0n) is 16.4. The second-order valence-corrected chi connectivity index (χ2v) is 7.76. The van der Waals surface area contributed by atoms with Crippen LogP contribution in [0.3, 0.4) is 0 Å². The predicted molar refractivity (Wildman–Crippen MR) is 109 cm³/mol. The molecule has 3 aromatic rings. The van der Waals surface area contributed by atoms with E-state index in [9.17, 15) is 9.59 Å². The van der Waals surface area contributed by atoms with Gasteiger partial charge in [-0.2, -0.15) is 0 Å². The molecule has 1 saturated carbocycles. The maximum Gasteiger partial charge on any atom is 0.277 e. The first-order chi connectivity index (χ1) is 14.2. The fourth-order valence-corrected chi connectivity index (χ4v) is 4.03. The number of hydrogen-bond acceptors (Lipinski definition) is 5. The minimum absolute atomic E-state index is 0.0684. The third-order valence-corrected chi connectivity index (χ3v) is 5.73. The van der Waals surface area contributed by atoms with Crippen LogP contribution in [0.25, 0.3) is 10.9 Å². The third-order valence-electron chi connectivity index (χ3n) is 5.73. The highest BCUT2D eigenvalue weighted by Crippen LogP contribution is 2.29. The molecular formula is C21H26N6O2. The van der Waals surface area contributed by atoms with Crippen LogP contribution in [0.15, 0.2) is 47.8 Å². The summed E-state index contributed by atoms with van der Waals surface area (Å²) in [6.07, 6.45) is 9.92. The maximum atomic E-state index is 12.6. The fraction of sp³-hybridized carbons (Fsp3) is 0.476. The van der Waals surface area contributed by atoms with Gasteiger partial charge in [-0.25, -0.2) is 9.67 Å². The van der Waals surface area contributed by atoms with Crippen molar-refractivity contribution in [3.8, 4) is 0 Å². The second-order valence-electron chi connectivity index (χ2n) is 7.76. The van der Waals surface area contributed by atoms with E-state index in [2.05, 4.69) is 20.6 Å². The molecule has 1 N–H and O–H groups in total. The van der Waals surface area contributed by atoms with Crippen LogP contribution >= 0.6 is 0 Å². The molecule has 0 aliphatic heterocycles. The summed E-state index contributed by atoms with van der Waals surface area (Å²) in [5.41, 5.74) is 0.538. The number of benzene rings is 1. The summed E-state index contributed by atoms with van der Waals surface area (Å²) in [7, 11) is 0. The molecule has 29 heavy (non-hydrogen) atoms. The number of rotatable bonds is 7. The Kier molecular flexibility index (Phi) is 5.97. The molecule has 1 amide bonds. The van der Waals surface area contributed by atoms with Gasteiger partial charge in [-0.3, -0.25) is 9.59 Å². The molecule has 1 aliphatic carbocycles. The maximum absolute atomic E-state index is 12.6. The number of aryl methyl sites for hydroxylation is 1. The molecule has 1 aromatic carbocycles. The fourth-order valence-electron chi connectivity index (χ4n) is 4.03. The molecule has 152 valence electrons. The van der Waals surface area contributed by atoms with Crippen molar-refractivity contribution >= 4 is 16.8 Å². The molecule has 0 spiro atoms. The second kappa shape index (κ2) is 8.98. The van der Waals surface area contributed by atoms with Gasteiger partial charge in [-0.05, 0) is 50.2 Å². The number of hydrogen-bond donors (Lipinski definition) is 1. The van der Waals surface area contributed by atoms with Crippen LogP contribution < -0.4 is 10.9 Å². The van der Waals surface area contributed by atoms with Gasteiger partial charge in [-0.1, -0.05) is 17.3 Å². The van der Waals surface area contributed by atoms with E-state index in [4.69, 9.17) is 0 Å². The van der Waals surface area contributed by atoms with Gasteiger partial charge in [0.2, 0.25) is 5.91 Å². The van der Waals surface area contributed by atoms with Crippen molar-refractivity contribution in [1.82, 2.24) is 29.9 Å². The molecule has 2 heterocycles. The Hall–Kier alpha value is -3.03. The number of imidazole rings is 1. The molecule has 0 unspecified atom stereocenters. The quantitative estimate of drug-likeness (QED) is 0.619. The molecule has 2 aromatic heterocycles. The molecule has 8 heteroatoms. The first kappa shape index (κ1) is 19.3. The Balaban J connectivity index is 1.23. The highest BCUT2D eigenvalue weighted by molar-refractivity contribution is 5.78. The van der Waals surface area contributed by atoms with E-state index in [0.29, 0.717) is 29.9 Å². The molecule has 0 radical (unpaired) electrons. The number of carbonyl (C=O) groups excluding carboxylic acids is 1. The molecule has 1 fully saturated rings. The lowest BCUT2D eigenvalue weighted by molar-refractivity contribution is -0.126. The van der Waals surface area contributed by atoms with Crippen molar-refractivity contribution in [2.75, 3.05) is 6.54 Å². The van der Waals surface area contributed by atoms with Crippen molar-refractivity contribution in [1.29, 1.82) is 0 Å². The minimum Gasteiger partial charge on any atom is -0.356 e. The minimum atomic E-state index is -0.0895. The van der Waals surface area contributed by atoms with Crippen LogP contribution in [0.5, 0.6) is 0 Å². The highest BCUT2D eigenvalue weighted by Gasteiger charge is 2.26. The lowest BCUT2D eigenvalue weighted by atomic mass is 9.81. The Morgan fingerprint density at radius 2 is 2.00 bits per heavy atom. The Morgan fingerprint density at radius 1 is 1.17 bits per heavy atom. The summed E-state index contributed by atoms with van der Waals surface area (Å²) in [4.78, 5) is 29.0. The van der Waals surface area contributed by atoms with Gasteiger partial charge >= 0.3 is 0 Å². The summed E-state index contributed by atoms with van der Waals surface area (Å²) in [5, 5.41) is 11.9. The van der Waals surface area contributed by atoms with Gasteiger partial charge in [0.1, 0.15) is 5.52 Å². The lowest BCUT2D eigenvalue weighted by Crippen LogP contribution is -2.35. The van der Waals surface area contributed by atoms with E-state index in [0.717, 1.165) is 38.6 Å². The van der Waals surface area contributed by atoms with E-state index < -0.39 is 0 Å². The van der Waals surface area contributed by atoms with Gasteiger partial charge in [0, 0.05) is 37.9 Å². The summed E-state index contributed by atoms with van der Waals surface area (Å²) in [6, 6.07) is 7.28. The summed E-state index contributed by atoms with van der Waals surface area (Å²) in [5.74, 6) is 0.573. The van der Waals surface area contributed by atoms with Crippen molar-refractivity contribution in [2.24, 2.45) is 11.8 Å². The standard InChI is InChI=1S/C21H26N6O2/c28-20(23-10-3-12-26-13-11-22-15-26)17-8-6-16(7-9-17)14-27-21(29)18-4-1-2-5-19(18)24-25-27/h1-2,4-5,11,13,15-17H,3,6-10,12,14H2,(H,23,28). The molecule has 0 bridgehead atoms. The molecule has 0 atom stereocenters. The van der Waals surface area contributed by atoms with E-state index in [1.165, 1.54) is 4.68 Å². The average molecular weight is 394 g/mol. The van der Waals surface area contributed by atoms with Crippen LogP contribution in [0.4, 0.5) is 0 Å². The molecule has 4 rings (SSSR count). The number of nitrogens with one attached hydrogen (secondary N) is 1. The van der Waals surface area contributed by atoms with Gasteiger partial charge in [0.05, 0.1) is 11.7 Å². The molecule has 0 saturated heterocycles. The van der Waals surface area contributed by atoms with Crippen LogP contribution in [-0.4, -0.2) is 37.0 Å². The predicted octanol–water partition coefficient (Wildman–Crippen LogP) is 2.00. The number of amides is 1. The Labute approximate surface area is 168 Å². The van der Waals surface area contributed by atoms with Crippen molar-refractivity contribution in [3.05, 3.63) is 53.3 Å². The van der Waals surface area contributed by atoms with Gasteiger partial charge in [0.25, 0.3) is 5.56 Å². The number of aromatic nitrogens is 5. The zero-order chi connectivity index (χ0) is 20.1. The first-order valence-electron chi connectivity index (χ1n) is 10.3. The van der Waals surface area contributed by atoms with E-state index >= 15 is 0 Å². The summed E-state index contributed by atoms with van der Waals surface area (Å²) < 4.78 is 3.48. The van der Waals surface area contributed by atoms with Crippen LogP contribution in [0.1, 0.15) is 32.1 Å². The number of nitrogens with zero attached hydrogens (tertiary/aromatic N) is 5. The summed E-state index contributed by atoms with van der Waals surface area (Å²) in [6.45, 7) is 2.10. The monoisotopic (exact) mass is 394 g/mol. The van der Waals surface area contributed by atoms with E-state index in [1.807, 2.05) is 22.9 Å². The molecular weight excluding hydrogens is 368 g/mol. The molecule has 1 aliphatic rings. The summed E-state index contributed by atoms with van der Waals surface area (Å²) >= 11 is 0. The van der Waals surface area contributed by atoms with Crippen molar-refractivity contribution in [2.45, 2.75) is 45.2 Å². The normalized spacial score (nSPS) is 19.3. The van der Waals surface area contributed by atoms with Crippen molar-refractivity contribution < 1.29 is 4.79 Å². The topological polar surface area (TPSA) is 94.7 Å². The van der Waals surface area contributed by atoms with E-state index in [1.54, 1.807) is 24.7 Å². The average Bonchev–Trinajstić information content (AvgIpc) is 3.27. The van der Waals surface area contributed by atoms with Crippen LogP contribution in [0.2, 0.25) is 0 Å². The van der Waals surface area contributed by atoms with Gasteiger partial charge < -0.3 is 9.88 Å². The Bertz CT molecular complexity index is 1010. The van der Waals surface area contributed by atoms with Crippen molar-refractivity contribution in [3.63, 3.8) is 0 Å². The zero-order valence-corrected chi connectivity index (χ0v) is 16.4. The Morgan fingerprint density at radius 3 is 2.79 bits per heavy atom. The third kappa shape index (κ3) is 4.70.